The molecule has 0 fully saturated rings. The number of aromatic nitrogens is 1. The fourth-order valence-electron chi connectivity index (χ4n) is 0.420. The van der Waals surface area contributed by atoms with Gasteiger partial charge in [-0.15, -0.1) is 0 Å². The van der Waals surface area contributed by atoms with Crippen molar-refractivity contribution in [2.24, 2.45) is 5.73 Å². The number of hydrogen-bond donors (Lipinski definition) is 2. The first-order valence-corrected chi connectivity index (χ1v) is 3.06. The number of amides is 1. The molecule has 1 rings (SSSR count). The average Bonchev–Trinajstić information content (AvgIpc) is 2.13. The summed E-state index contributed by atoms with van der Waals surface area (Å²) in [6.07, 6.45) is 0. The van der Waals surface area contributed by atoms with Crippen LogP contribution in [0, 0.1) is 0 Å². The van der Waals surface area contributed by atoms with Crippen LogP contribution >= 0.6 is 11.5 Å². The number of H-pyrrole nitrogens is 1. The highest BCUT2D eigenvalue weighted by Crippen LogP contribution is 1.91. The van der Waals surface area contributed by atoms with Crippen LogP contribution < -0.4 is 11.3 Å². The Morgan fingerprint density at radius 2 is 2.44 bits per heavy atom. The van der Waals surface area contributed by atoms with Gasteiger partial charge in [-0.3, -0.25) is 14.0 Å². The Labute approximate surface area is 54.5 Å². The summed E-state index contributed by atoms with van der Waals surface area (Å²) in [5.74, 6) is -0.683. The first kappa shape index (κ1) is 6.03. The molecule has 0 aromatic carbocycles. The van der Waals surface area contributed by atoms with Gasteiger partial charge in [0, 0.05) is 5.38 Å². The molecule has 0 aliphatic carbocycles. The predicted molar refractivity (Wildman–Crippen MR) is 33.5 cm³/mol. The molecule has 4 nitrogen and oxygen atoms in total. The zero-order valence-corrected chi connectivity index (χ0v) is 5.20. The van der Waals surface area contributed by atoms with Crippen molar-refractivity contribution in [3.8, 4) is 0 Å². The van der Waals surface area contributed by atoms with Crippen molar-refractivity contribution in [3.63, 3.8) is 0 Å². The smallest absolute Gasteiger partial charge is 0.270 e. The van der Waals surface area contributed by atoms with Gasteiger partial charge in [-0.05, 0) is 0 Å². The fraction of sp³-hybridized carbons (Fsp3) is 0. The molecule has 0 aliphatic heterocycles. The maximum absolute atomic E-state index is 10.5. The summed E-state index contributed by atoms with van der Waals surface area (Å²) in [4.78, 5) is 20.8. The normalized spacial score (nSPS) is 9.33. The molecule has 48 valence electrons. The number of carbonyl (C=O) groups excluding carboxylic acids is 1. The summed E-state index contributed by atoms with van der Waals surface area (Å²) in [6.45, 7) is 0. The van der Waals surface area contributed by atoms with Crippen LogP contribution in [0.1, 0.15) is 10.4 Å². The highest BCUT2D eigenvalue weighted by Gasteiger charge is 2.04. The second-order valence-electron chi connectivity index (χ2n) is 1.44. The maximum Gasteiger partial charge on any atom is 0.270 e. The lowest BCUT2D eigenvalue weighted by Gasteiger charge is -1.78. The van der Waals surface area contributed by atoms with Crippen LogP contribution in [0.15, 0.2) is 10.2 Å². The quantitative estimate of drug-likeness (QED) is 0.559. The number of rotatable bonds is 1. The van der Waals surface area contributed by atoms with E-state index < -0.39 is 11.5 Å². The van der Waals surface area contributed by atoms with Gasteiger partial charge in [0.05, 0.1) is 0 Å². The van der Waals surface area contributed by atoms with E-state index >= 15 is 0 Å². The molecule has 1 aromatic heterocycles. The first-order chi connectivity index (χ1) is 4.22. The minimum atomic E-state index is -0.683. The van der Waals surface area contributed by atoms with E-state index in [4.69, 9.17) is 5.73 Å². The van der Waals surface area contributed by atoms with Gasteiger partial charge in [0.25, 0.3) is 11.5 Å². The molecule has 9 heavy (non-hydrogen) atoms. The van der Waals surface area contributed by atoms with E-state index in [1.165, 1.54) is 5.38 Å². The molecule has 0 spiro atoms. The van der Waals surface area contributed by atoms with Crippen LogP contribution in [0.25, 0.3) is 0 Å². The first-order valence-electron chi connectivity index (χ1n) is 2.18. The molecular weight excluding hydrogens is 140 g/mol. The van der Waals surface area contributed by atoms with E-state index in [-0.39, 0.29) is 5.56 Å². The summed E-state index contributed by atoms with van der Waals surface area (Å²) in [5, 5.41) is 1.39. The molecule has 3 N–H and O–H groups in total. The number of hydrogen-bond acceptors (Lipinski definition) is 3. The van der Waals surface area contributed by atoms with E-state index in [1.54, 1.807) is 0 Å². The molecule has 5 heteroatoms. The van der Waals surface area contributed by atoms with Gasteiger partial charge < -0.3 is 5.73 Å². The SMILES string of the molecule is NC(=O)c1cs[nH]c1=O. The second-order valence-corrected chi connectivity index (χ2v) is 2.12. The highest BCUT2D eigenvalue weighted by atomic mass is 32.1. The lowest BCUT2D eigenvalue weighted by Crippen LogP contribution is -2.19. The Bertz CT molecular complexity index is 274. The van der Waals surface area contributed by atoms with Crippen LogP contribution in [-0.2, 0) is 0 Å². The third kappa shape index (κ3) is 0.996. The average molecular weight is 144 g/mol. The van der Waals surface area contributed by atoms with Crippen molar-refractivity contribution in [3.05, 3.63) is 21.3 Å². The third-order valence-electron chi connectivity index (χ3n) is 0.838. The molecule has 1 aromatic rings. The lowest BCUT2D eigenvalue weighted by molar-refractivity contribution is 0.0999. The number of primary amides is 1. The van der Waals surface area contributed by atoms with Crippen molar-refractivity contribution in [2.45, 2.75) is 0 Å². The molecule has 1 heterocycles. The van der Waals surface area contributed by atoms with E-state index in [0.29, 0.717) is 0 Å². The van der Waals surface area contributed by atoms with Gasteiger partial charge in [-0.2, -0.15) is 0 Å². The molecule has 0 saturated heterocycles. The molecule has 1 amide bonds. The lowest BCUT2D eigenvalue weighted by atomic mass is 10.4. The van der Waals surface area contributed by atoms with Gasteiger partial charge in [-0.1, -0.05) is 11.5 Å². The summed E-state index contributed by atoms with van der Waals surface area (Å²) >= 11 is 1.06. The molecule has 0 atom stereocenters. The Morgan fingerprint density at radius 1 is 1.78 bits per heavy atom. The van der Waals surface area contributed by atoms with E-state index in [2.05, 4.69) is 4.37 Å². The summed E-state index contributed by atoms with van der Waals surface area (Å²) in [5.41, 5.74) is 4.42. The molecule has 0 saturated carbocycles. The molecule has 0 unspecified atom stereocenters. The van der Waals surface area contributed by atoms with Crippen molar-refractivity contribution >= 4 is 17.4 Å². The van der Waals surface area contributed by atoms with Crippen LogP contribution in [0.4, 0.5) is 0 Å². The van der Waals surface area contributed by atoms with E-state index in [9.17, 15) is 9.59 Å². The van der Waals surface area contributed by atoms with Gasteiger partial charge in [0.1, 0.15) is 5.56 Å². The van der Waals surface area contributed by atoms with Crippen molar-refractivity contribution in [2.75, 3.05) is 0 Å². The summed E-state index contributed by atoms with van der Waals surface area (Å²) in [6, 6.07) is 0. The van der Waals surface area contributed by atoms with E-state index in [1.807, 2.05) is 0 Å². The second kappa shape index (κ2) is 2.02. The highest BCUT2D eigenvalue weighted by molar-refractivity contribution is 7.03. The number of carbonyl (C=O) groups is 1. The van der Waals surface area contributed by atoms with Crippen LogP contribution in [-0.4, -0.2) is 10.3 Å². The van der Waals surface area contributed by atoms with Crippen LogP contribution in [0.5, 0.6) is 0 Å². The Hall–Kier alpha value is -1.10. The van der Waals surface area contributed by atoms with Crippen molar-refractivity contribution < 1.29 is 4.79 Å². The Morgan fingerprint density at radius 3 is 2.67 bits per heavy atom. The molecule has 0 radical (unpaired) electrons. The van der Waals surface area contributed by atoms with Crippen LogP contribution in [0.3, 0.4) is 0 Å². The van der Waals surface area contributed by atoms with Gasteiger partial charge in [0.15, 0.2) is 0 Å². The van der Waals surface area contributed by atoms with Gasteiger partial charge in [0.2, 0.25) is 0 Å². The minimum Gasteiger partial charge on any atom is -0.365 e. The standard InChI is InChI=1S/C4H4N2O2S/c5-3(7)2-1-9-6-4(2)8/h1H,(H2,5,7)(H,6,8). The summed E-state index contributed by atoms with van der Waals surface area (Å²) in [7, 11) is 0. The van der Waals surface area contributed by atoms with E-state index in [0.717, 1.165) is 11.5 Å². The zero-order valence-electron chi connectivity index (χ0n) is 4.38. The summed E-state index contributed by atoms with van der Waals surface area (Å²) < 4.78 is 2.34. The number of nitrogens with two attached hydrogens (primary N) is 1. The monoisotopic (exact) mass is 144 g/mol. The number of aromatic amines is 1. The fourth-order valence-corrected chi connectivity index (χ4v) is 1.04. The van der Waals surface area contributed by atoms with Crippen molar-refractivity contribution in [1.82, 2.24) is 4.37 Å². The van der Waals surface area contributed by atoms with Crippen molar-refractivity contribution in [1.29, 1.82) is 0 Å². The largest absolute Gasteiger partial charge is 0.365 e. The Kier molecular flexibility index (Phi) is 1.35. The molecule has 0 bridgehead atoms. The predicted octanol–water partition coefficient (Wildman–Crippen LogP) is -0.465. The van der Waals surface area contributed by atoms with Gasteiger partial charge in [-0.25, -0.2) is 0 Å². The van der Waals surface area contributed by atoms with Gasteiger partial charge >= 0.3 is 0 Å². The number of nitrogens with one attached hydrogen (secondary N) is 1. The topological polar surface area (TPSA) is 76.0 Å². The molecular formula is C4H4N2O2S. The zero-order chi connectivity index (χ0) is 6.85. The maximum atomic E-state index is 10.5. The molecule has 0 aliphatic rings. The minimum absolute atomic E-state index is 0.0278. The van der Waals surface area contributed by atoms with Crippen LogP contribution in [0.2, 0.25) is 0 Å². The Balaban J connectivity index is 3.24. The third-order valence-corrected chi connectivity index (χ3v) is 1.50.